The summed E-state index contributed by atoms with van der Waals surface area (Å²) < 4.78 is 5.87. The van der Waals surface area contributed by atoms with Gasteiger partial charge in [0, 0.05) is 24.9 Å². The molecular weight excluding hydrogens is 250 g/mol. The first-order chi connectivity index (χ1) is 9.58. The van der Waals surface area contributed by atoms with Gasteiger partial charge < -0.3 is 14.6 Å². The molecule has 1 aliphatic rings. The maximum atomic E-state index is 5.87. The van der Waals surface area contributed by atoms with Gasteiger partial charge in [0.1, 0.15) is 5.76 Å². The summed E-state index contributed by atoms with van der Waals surface area (Å²) in [6.45, 7) is 9.15. The maximum Gasteiger partial charge on any atom is 0.194 e. The highest BCUT2D eigenvalue weighted by molar-refractivity contribution is 4.97. The molecule has 1 aromatic rings. The second kappa shape index (κ2) is 7.23. The summed E-state index contributed by atoms with van der Waals surface area (Å²) in [6.07, 6.45) is 6.34. The lowest BCUT2D eigenvalue weighted by atomic mass is 9.93. The van der Waals surface area contributed by atoms with Crippen molar-refractivity contribution < 1.29 is 4.42 Å². The van der Waals surface area contributed by atoms with Crippen molar-refractivity contribution in [2.45, 2.75) is 58.5 Å². The lowest BCUT2D eigenvalue weighted by Gasteiger charge is -2.34. The van der Waals surface area contributed by atoms with Crippen LogP contribution >= 0.6 is 0 Å². The van der Waals surface area contributed by atoms with Crippen LogP contribution in [0.15, 0.2) is 10.6 Å². The average Bonchev–Trinajstić information content (AvgIpc) is 2.86. The van der Waals surface area contributed by atoms with E-state index in [0.717, 1.165) is 30.4 Å². The van der Waals surface area contributed by atoms with Gasteiger partial charge in [0.2, 0.25) is 0 Å². The molecule has 0 aromatic carbocycles. The van der Waals surface area contributed by atoms with Gasteiger partial charge in [0.15, 0.2) is 5.89 Å². The lowest BCUT2D eigenvalue weighted by Crippen LogP contribution is -2.38. The van der Waals surface area contributed by atoms with Crippen molar-refractivity contribution in [1.29, 1.82) is 0 Å². The van der Waals surface area contributed by atoms with Crippen LogP contribution in [0, 0.1) is 5.92 Å². The van der Waals surface area contributed by atoms with E-state index >= 15 is 0 Å². The number of nitrogens with one attached hydrogen (secondary N) is 1. The molecule has 1 fully saturated rings. The fourth-order valence-electron chi connectivity index (χ4n) is 2.86. The smallest absolute Gasteiger partial charge is 0.194 e. The van der Waals surface area contributed by atoms with E-state index in [0.29, 0.717) is 12.1 Å². The normalized spacial score (nSPS) is 19.6. The van der Waals surface area contributed by atoms with E-state index < -0.39 is 0 Å². The van der Waals surface area contributed by atoms with Crippen molar-refractivity contribution in [1.82, 2.24) is 15.2 Å². The van der Waals surface area contributed by atoms with Crippen LogP contribution in [0.4, 0.5) is 0 Å². The van der Waals surface area contributed by atoms with Gasteiger partial charge in [0.25, 0.3) is 0 Å². The van der Waals surface area contributed by atoms with E-state index in [4.69, 9.17) is 4.42 Å². The van der Waals surface area contributed by atoms with Crippen molar-refractivity contribution >= 4 is 0 Å². The van der Waals surface area contributed by atoms with E-state index in [2.05, 4.69) is 36.0 Å². The van der Waals surface area contributed by atoms with Crippen LogP contribution in [0.1, 0.15) is 45.3 Å². The Hall–Kier alpha value is -0.870. The van der Waals surface area contributed by atoms with Gasteiger partial charge in [-0.25, -0.2) is 4.98 Å². The minimum atomic E-state index is 0.435. The van der Waals surface area contributed by atoms with Crippen molar-refractivity contribution in [2.75, 3.05) is 20.1 Å². The second-order valence-electron chi connectivity index (χ2n) is 6.39. The first-order valence-electron chi connectivity index (χ1n) is 7.93. The van der Waals surface area contributed by atoms with Gasteiger partial charge in [-0.1, -0.05) is 0 Å². The number of nitrogens with zero attached hydrogens (tertiary/aromatic N) is 2. The van der Waals surface area contributed by atoms with Crippen LogP contribution in [0.5, 0.6) is 0 Å². The first-order valence-corrected chi connectivity index (χ1v) is 7.93. The van der Waals surface area contributed by atoms with Gasteiger partial charge in [-0.2, -0.15) is 0 Å². The molecule has 1 aromatic heterocycles. The minimum absolute atomic E-state index is 0.435. The highest BCUT2D eigenvalue weighted by Crippen LogP contribution is 2.23. The summed E-state index contributed by atoms with van der Waals surface area (Å²) in [5, 5.41) is 3.23. The number of likely N-dealkylation sites (N-methyl/N-ethyl adjacent to an activating group) is 1. The van der Waals surface area contributed by atoms with Gasteiger partial charge in [-0.3, -0.25) is 0 Å². The van der Waals surface area contributed by atoms with Gasteiger partial charge in [-0.15, -0.1) is 0 Å². The SMILES string of the molecule is CNC(C)Cc1cnc(CC2CCN(C(C)C)CC2)o1. The summed E-state index contributed by atoms with van der Waals surface area (Å²) in [5.41, 5.74) is 0. The predicted octanol–water partition coefficient (Wildman–Crippen LogP) is 2.49. The van der Waals surface area contributed by atoms with Crippen molar-refractivity contribution in [2.24, 2.45) is 5.92 Å². The summed E-state index contributed by atoms with van der Waals surface area (Å²) in [7, 11) is 1.98. The van der Waals surface area contributed by atoms with E-state index in [1.54, 1.807) is 0 Å². The summed E-state index contributed by atoms with van der Waals surface area (Å²) in [6, 6.07) is 1.11. The second-order valence-corrected chi connectivity index (χ2v) is 6.39. The van der Waals surface area contributed by atoms with E-state index in [9.17, 15) is 0 Å². The predicted molar refractivity (Wildman–Crippen MR) is 81.9 cm³/mol. The zero-order valence-corrected chi connectivity index (χ0v) is 13.4. The summed E-state index contributed by atoms with van der Waals surface area (Å²) in [5.74, 6) is 2.66. The molecule has 2 rings (SSSR count). The molecule has 0 saturated carbocycles. The lowest BCUT2D eigenvalue weighted by molar-refractivity contribution is 0.146. The monoisotopic (exact) mass is 279 g/mol. The molecule has 4 nitrogen and oxygen atoms in total. The Balaban J connectivity index is 1.80. The standard InChI is InChI=1S/C16H29N3O/c1-12(2)19-7-5-14(6-8-19)10-16-18-11-15(20-16)9-13(3)17-4/h11-14,17H,5-10H2,1-4H3. The van der Waals surface area contributed by atoms with Crippen LogP contribution in [0.25, 0.3) is 0 Å². The highest BCUT2D eigenvalue weighted by Gasteiger charge is 2.22. The Morgan fingerprint density at radius 2 is 2.05 bits per heavy atom. The van der Waals surface area contributed by atoms with E-state index in [-0.39, 0.29) is 0 Å². The average molecular weight is 279 g/mol. The number of piperidine rings is 1. The Morgan fingerprint density at radius 3 is 2.65 bits per heavy atom. The third kappa shape index (κ3) is 4.32. The molecule has 4 heteroatoms. The molecule has 0 radical (unpaired) electrons. The van der Waals surface area contributed by atoms with Crippen LogP contribution in [-0.2, 0) is 12.8 Å². The zero-order chi connectivity index (χ0) is 14.5. The molecule has 1 N–H and O–H groups in total. The molecule has 0 amide bonds. The Labute approximate surface area is 122 Å². The van der Waals surface area contributed by atoms with Crippen LogP contribution in [-0.4, -0.2) is 42.1 Å². The van der Waals surface area contributed by atoms with Crippen LogP contribution < -0.4 is 5.32 Å². The highest BCUT2D eigenvalue weighted by atomic mass is 16.4. The Kier molecular flexibility index (Phi) is 5.61. The van der Waals surface area contributed by atoms with Crippen LogP contribution in [0.3, 0.4) is 0 Å². The Bertz CT molecular complexity index is 394. The van der Waals surface area contributed by atoms with Crippen molar-refractivity contribution in [3.63, 3.8) is 0 Å². The largest absolute Gasteiger partial charge is 0.446 e. The molecule has 0 spiro atoms. The number of aromatic nitrogens is 1. The number of rotatable bonds is 6. The molecule has 1 atom stereocenters. The molecule has 1 unspecified atom stereocenters. The number of likely N-dealkylation sites (tertiary alicyclic amines) is 1. The quantitative estimate of drug-likeness (QED) is 0.868. The molecule has 0 bridgehead atoms. The van der Waals surface area contributed by atoms with E-state index in [1.807, 2.05) is 13.2 Å². The number of hydrogen-bond donors (Lipinski definition) is 1. The topological polar surface area (TPSA) is 41.3 Å². The Morgan fingerprint density at radius 1 is 1.35 bits per heavy atom. The molecule has 0 aliphatic carbocycles. The summed E-state index contributed by atoms with van der Waals surface area (Å²) in [4.78, 5) is 7.01. The minimum Gasteiger partial charge on any atom is -0.446 e. The van der Waals surface area contributed by atoms with Crippen molar-refractivity contribution in [3.05, 3.63) is 17.8 Å². The molecule has 1 saturated heterocycles. The fraction of sp³-hybridized carbons (Fsp3) is 0.812. The molecule has 114 valence electrons. The van der Waals surface area contributed by atoms with Gasteiger partial charge in [0.05, 0.1) is 6.20 Å². The third-order valence-corrected chi connectivity index (χ3v) is 4.44. The maximum absolute atomic E-state index is 5.87. The first kappa shape index (κ1) is 15.5. The third-order valence-electron chi connectivity index (χ3n) is 4.44. The van der Waals surface area contributed by atoms with E-state index in [1.165, 1.54) is 25.9 Å². The molecule has 20 heavy (non-hydrogen) atoms. The molecule has 1 aliphatic heterocycles. The zero-order valence-electron chi connectivity index (χ0n) is 13.4. The number of oxazole rings is 1. The molecule has 2 heterocycles. The van der Waals surface area contributed by atoms with Crippen molar-refractivity contribution in [3.8, 4) is 0 Å². The summed E-state index contributed by atoms with van der Waals surface area (Å²) >= 11 is 0. The van der Waals surface area contributed by atoms with Gasteiger partial charge >= 0.3 is 0 Å². The number of hydrogen-bond acceptors (Lipinski definition) is 4. The van der Waals surface area contributed by atoms with Gasteiger partial charge in [-0.05, 0) is 59.7 Å². The fourth-order valence-corrected chi connectivity index (χ4v) is 2.86. The molecular formula is C16H29N3O. The van der Waals surface area contributed by atoms with Crippen LogP contribution in [0.2, 0.25) is 0 Å².